The Kier molecular flexibility index (Phi) is 6.41. The number of halogens is 2. The van der Waals surface area contributed by atoms with Crippen LogP contribution in [0.5, 0.6) is 0 Å². The van der Waals surface area contributed by atoms with E-state index in [1.165, 1.54) is 23.5 Å². The first-order chi connectivity index (χ1) is 13.0. The van der Waals surface area contributed by atoms with Crippen LogP contribution in [0.3, 0.4) is 0 Å². The van der Waals surface area contributed by atoms with Gasteiger partial charge in [-0.15, -0.1) is 11.3 Å². The van der Waals surface area contributed by atoms with Gasteiger partial charge in [-0.25, -0.2) is 4.39 Å². The van der Waals surface area contributed by atoms with Gasteiger partial charge in [0.1, 0.15) is 5.82 Å². The Morgan fingerprint density at radius 1 is 1.44 bits per heavy atom. The Bertz CT molecular complexity index is 939. The van der Waals surface area contributed by atoms with Crippen molar-refractivity contribution in [3.8, 4) is 11.3 Å². The summed E-state index contributed by atoms with van der Waals surface area (Å²) in [6, 6.07) is 7.92. The Morgan fingerprint density at radius 2 is 2.26 bits per heavy atom. The number of amides is 1. The lowest BCUT2D eigenvalue weighted by atomic mass is 10.1. The maximum Gasteiger partial charge on any atom is 0.261 e. The number of carbonyl (C=O) groups excluding carboxylic acids is 1. The first-order valence-electron chi connectivity index (χ1n) is 8.57. The molecule has 2 heterocycles. The van der Waals surface area contributed by atoms with E-state index in [4.69, 9.17) is 5.73 Å². The summed E-state index contributed by atoms with van der Waals surface area (Å²) in [5.41, 5.74) is 8.48. The Balaban J connectivity index is 1.72. The third-order valence-corrected chi connectivity index (χ3v) is 5.69. The van der Waals surface area contributed by atoms with E-state index in [0.29, 0.717) is 11.3 Å². The maximum absolute atomic E-state index is 13.4. The van der Waals surface area contributed by atoms with Crippen molar-refractivity contribution in [1.29, 1.82) is 0 Å². The molecule has 1 amide bonds. The highest BCUT2D eigenvalue weighted by Crippen LogP contribution is 2.31. The minimum atomic E-state index is -0.296. The molecule has 0 aliphatic rings. The summed E-state index contributed by atoms with van der Waals surface area (Å²) in [7, 11) is 0. The summed E-state index contributed by atoms with van der Waals surface area (Å²) >= 11 is 4.88. The van der Waals surface area contributed by atoms with Gasteiger partial charge in [-0.05, 0) is 53.0 Å². The molecule has 0 spiro atoms. The smallest absolute Gasteiger partial charge is 0.261 e. The monoisotopic (exact) mass is 450 g/mol. The van der Waals surface area contributed by atoms with Crippen LogP contribution in [0.25, 0.3) is 11.3 Å². The zero-order chi connectivity index (χ0) is 19.4. The first-order valence-corrected chi connectivity index (χ1v) is 10.2. The second kappa shape index (κ2) is 8.77. The molecule has 3 rings (SSSR count). The van der Waals surface area contributed by atoms with Crippen LogP contribution in [-0.2, 0) is 13.0 Å². The Labute approximate surface area is 169 Å². The van der Waals surface area contributed by atoms with Crippen molar-refractivity contribution in [3.63, 3.8) is 0 Å². The lowest BCUT2D eigenvalue weighted by molar-refractivity contribution is 0.0942. The van der Waals surface area contributed by atoms with Gasteiger partial charge in [-0.2, -0.15) is 5.10 Å². The minimum Gasteiger partial charge on any atom is -0.347 e. The predicted molar refractivity (Wildman–Crippen MR) is 109 cm³/mol. The highest BCUT2D eigenvalue weighted by Gasteiger charge is 2.18. The molecule has 1 aromatic carbocycles. The number of benzene rings is 1. The van der Waals surface area contributed by atoms with Crippen LogP contribution in [0.2, 0.25) is 0 Å². The van der Waals surface area contributed by atoms with Crippen molar-refractivity contribution in [2.24, 2.45) is 5.73 Å². The van der Waals surface area contributed by atoms with Gasteiger partial charge in [0.25, 0.3) is 5.91 Å². The van der Waals surface area contributed by atoms with Crippen LogP contribution in [-0.4, -0.2) is 28.3 Å². The van der Waals surface area contributed by atoms with E-state index in [2.05, 4.69) is 26.3 Å². The zero-order valence-electron chi connectivity index (χ0n) is 14.8. The molecule has 142 valence electrons. The molecule has 0 fully saturated rings. The molecule has 0 saturated heterocycles. The normalized spacial score (nSPS) is 12.1. The average molecular weight is 451 g/mol. The predicted octanol–water partition coefficient (Wildman–Crippen LogP) is 3.83. The fraction of sp³-hybridized carbons (Fsp3) is 0.263. The van der Waals surface area contributed by atoms with E-state index >= 15 is 0 Å². The number of nitrogens with two attached hydrogens (primary N) is 1. The van der Waals surface area contributed by atoms with E-state index in [9.17, 15) is 9.18 Å². The van der Waals surface area contributed by atoms with E-state index in [-0.39, 0.29) is 24.3 Å². The number of thiophene rings is 1. The summed E-state index contributed by atoms with van der Waals surface area (Å²) in [5.74, 6) is -0.479. The van der Waals surface area contributed by atoms with Crippen molar-refractivity contribution < 1.29 is 9.18 Å². The van der Waals surface area contributed by atoms with Crippen molar-refractivity contribution in [2.45, 2.75) is 25.9 Å². The molecule has 3 aromatic rings. The summed E-state index contributed by atoms with van der Waals surface area (Å²) in [6.07, 6.45) is 2.23. The van der Waals surface area contributed by atoms with E-state index < -0.39 is 0 Å². The molecule has 1 atom stereocenters. The van der Waals surface area contributed by atoms with Gasteiger partial charge in [0.05, 0.1) is 21.2 Å². The topological polar surface area (TPSA) is 72.9 Å². The highest BCUT2D eigenvalue weighted by atomic mass is 79.9. The zero-order valence-corrected chi connectivity index (χ0v) is 17.2. The lowest BCUT2D eigenvalue weighted by Crippen LogP contribution is -2.41. The second-order valence-electron chi connectivity index (χ2n) is 6.10. The summed E-state index contributed by atoms with van der Waals surface area (Å²) in [4.78, 5) is 13.2. The van der Waals surface area contributed by atoms with Gasteiger partial charge in [-0.1, -0.05) is 12.1 Å². The molecule has 0 aliphatic carbocycles. The molecular weight excluding hydrogens is 431 g/mol. The molecule has 0 saturated carbocycles. The molecule has 8 heteroatoms. The molecule has 27 heavy (non-hydrogen) atoms. The van der Waals surface area contributed by atoms with Crippen LogP contribution in [0.1, 0.15) is 22.2 Å². The molecule has 0 radical (unpaired) electrons. The van der Waals surface area contributed by atoms with Gasteiger partial charge in [0.15, 0.2) is 0 Å². The highest BCUT2D eigenvalue weighted by molar-refractivity contribution is 9.10. The summed E-state index contributed by atoms with van der Waals surface area (Å²) in [6.45, 7) is 3.02. The summed E-state index contributed by atoms with van der Waals surface area (Å²) < 4.78 is 16.1. The number of hydrogen-bond donors (Lipinski definition) is 2. The Hall–Kier alpha value is -2.03. The summed E-state index contributed by atoms with van der Waals surface area (Å²) in [5, 5.41) is 9.19. The van der Waals surface area contributed by atoms with Crippen LogP contribution >= 0.6 is 27.3 Å². The third kappa shape index (κ3) is 4.63. The number of nitrogens with zero attached hydrogens (tertiary/aromatic N) is 2. The van der Waals surface area contributed by atoms with Gasteiger partial charge < -0.3 is 11.1 Å². The first kappa shape index (κ1) is 19.7. The fourth-order valence-electron chi connectivity index (χ4n) is 2.87. The number of aromatic nitrogens is 2. The number of carbonyl (C=O) groups is 1. The van der Waals surface area contributed by atoms with E-state index in [1.807, 2.05) is 29.1 Å². The number of aryl methyl sites for hydroxylation is 1. The maximum atomic E-state index is 13.4. The average Bonchev–Trinajstić information content (AvgIpc) is 3.27. The van der Waals surface area contributed by atoms with E-state index in [0.717, 1.165) is 27.8 Å². The van der Waals surface area contributed by atoms with Gasteiger partial charge in [0.2, 0.25) is 0 Å². The van der Waals surface area contributed by atoms with Crippen molar-refractivity contribution in [3.05, 3.63) is 62.6 Å². The third-order valence-electron chi connectivity index (χ3n) is 4.18. The standard InChI is InChI=1S/C19H20BrFN4OS/c1-2-25-18(16(20)10-23-25)13-8-17(27-11-13)19(26)24-15(9-22)7-12-4-3-5-14(21)6-12/h3-6,8,10-11,15H,2,7,9,22H2,1H3,(H,24,26). The van der Waals surface area contributed by atoms with Gasteiger partial charge in [-0.3, -0.25) is 9.48 Å². The SMILES string of the molecule is CCn1ncc(Br)c1-c1csc(C(=O)NC(CN)Cc2cccc(F)c2)c1. The van der Waals surface area contributed by atoms with Gasteiger partial charge >= 0.3 is 0 Å². The molecule has 5 nitrogen and oxygen atoms in total. The van der Waals surface area contributed by atoms with E-state index in [1.54, 1.807) is 12.3 Å². The fourth-order valence-corrected chi connectivity index (χ4v) is 4.19. The van der Waals surface area contributed by atoms with Crippen molar-refractivity contribution >= 4 is 33.2 Å². The second-order valence-corrected chi connectivity index (χ2v) is 7.86. The van der Waals surface area contributed by atoms with Crippen molar-refractivity contribution in [2.75, 3.05) is 6.54 Å². The molecule has 0 bridgehead atoms. The quantitative estimate of drug-likeness (QED) is 0.574. The molecular formula is C19H20BrFN4OS. The molecule has 0 aliphatic heterocycles. The van der Waals surface area contributed by atoms with Crippen LogP contribution in [0, 0.1) is 5.82 Å². The molecule has 1 unspecified atom stereocenters. The van der Waals surface area contributed by atoms with Crippen molar-refractivity contribution in [1.82, 2.24) is 15.1 Å². The van der Waals surface area contributed by atoms with Crippen LogP contribution in [0.15, 0.2) is 46.4 Å². The number of nitrogens with one attached hydrogen (secondary N) is 1. The Morgan fingerprint density at radius 3 is 2.96 bits per heavy atom. The van der Waals surface area contributed by atoms with Crippen LogP contribution in [0.4, 0.5) is 4.39 Å². The molecule has 3 N–H and O–H groups in total. The van der Waals surface area contributed by atoms with Crippen LogP contribution < -0.4 is 11.1 Å². The minimum absolute atomic E-state index is 0.184. The number of hydrogen-bond acceptors (Lipinski definition) is 4. The molecule has 2 aromatic heterocycles. The lowest BCUT2D eigenvalue weighted by Gasteiger charge is -2.16. The number of rotatable bonds is 7. The largest absolute Gasteiger partial charge is 0.347 e. The van der Waals surface area contributed by atoms with Gasteiger partial charge in [0, 0.05) is 30.1 Å².